The van der Waals surface area contributed by atoms with Gasteiger partial charge in [0.05, 0.1) is 6.26 Å². The third kappa shape index (κ3) is 3.23. The maximum absolute atomic E-state index is 12.0. The van der Waals surface area contributed by atoms with Gasteiger partial charge < -0.3 is 14.5 Å². The molecule has 0 saturated heterocycles. The van der Waals surface area contributed by atoms with Gasteiger partial charge in [0.25, 0.3) is 5.91 Å². The van der Waals surface area contributed by atoms with E-state index in [0.29, 0.717) is 11.4 Å². The molecule has 0 aliphatic heterocycles. The molecule has 0 spiro atoms. The minimum absolute atomic E-state index is 0.261. The lowest BCUT2D eigenvalue weighted by atomic mass is 10.1. The summed E-state index contributed by atoms with van der Waals surface area (Å²) in [4.78, 5) is 12.0. The Balaban J connectivity index is 1.50. The molecule has 0 atom stereocenters. The second kappa shape index (κ2) is 6.53. The third-order valence-electron chi connectivity index (χ3n) is 3.81. The van der Waals surface area contributed by atoms with E-state index in [9.17, 15) is 4.79 Å². The Labute approximate surface area is 144 Å². The minimum Gasteiger partial charge on any atom is -0.465 e. The lowest BCUT2D eigenvalue weighted by Crippen LogP contribution is -2.08. The van der Waals surface area contributed by atoms with E-state index in [4.69, 9.17) is 9.15 Å². The highest BCUT2D eigenvalue weighted by Gasteiger charge is 2.07. The first kappa shape index (κ1) is 15.0. The van der Waals surface area contributed by atoms with Gasteiger partial charge in [-0.3, -0.25) is 4.79 Å². The predicted octanol–water partition coefficient (Wildman–Crippen LogP) is 5.12. The maximum atomic E-state index is 12.0. The van der Waals surface area contributed by atoms with Crippen molar-refractivity contribution in [3.63, 3.8) is 0 Å². The number of rotatable bonds is 4. The van der Waals surface area contributed by atoms with Gasteiger partial charge in [0.2, 0.25) is 0 Å². The molecule has 0 radical (unpaired) electrons. The first-order valence-electron chi connectivity index (χ1n) is 7.90. The van der Waals surface area contributed by atoms with Crippen molar-refractivity contribution in [3.05, 3.63) is 85.1 Å². The number of hydrogen-bond acceptors (Lipinski definition) is 3. The summed E-state index contributed by atoms with van der Waals surface area (Å²) in [6.45, 7) is 0. The largest absolute Gasteiger partial charge is 0.465 e. The van der Waals surface area contributed by atoms with E-state index in [2.05, 4.69) is 5.32 Å². The van der Waals surface area contributed by atoms with Crippen molar-refractivity contribution in [1.29, 1.82) is 0 Å². The zero-order valence-electron chi connectivity index (χ0n) is 13.3. The molecule has 0 unspecified atom stereocenters. The number of furan rings is 1. The minimum atomic E-state index is -0.261. The van der Waals surface area contributed by atoms with Crippen LogP contribution < -0.4 is 10.1 Å². The Morgan fingerprint density at radius 1 is 0.880 bits per heavy atom. The molecule has 1 amide bonds. The number of carbonyl (C=O) groups is 1. The smallest absolute Gasteiger partial charge is 0.251 e. The van der Waals surface area contributed by atoms with Crippen LogP contribution in [0.25, 0.3) is 21.9 Å². The Morgan fingerprint density at radius 2 is 1.64 bits per heavy atom. The molecule has 122 valence electrons. The monoisotopic (exact) mass is 329 g/mol. The van der Waals surface area contributed by atoms with Crippen LogP contribution in [0.2, 0.25) is 0 Å². The molecule has 1 N–H and O–H groups in total. The Morgan fingerprint density at radius 3 is 2.52 bits per heavy atom. The molecule has 4 aromatic rings. The van der Waals surface area contributed by atoms with Gasteiger partial charge in [-0.2, -0.15) is 0 Å². The van der Waals surface area contributed by atoms with Crippen LogP contribution in [0.3, 0.4) is 0 Å². The van der Waals surface area contributed by atoms with Gasteiger partial charge in [-0.1, -0.05) is 36.4 Å². The summed E-state index contributed by atoms with van der Waals surface area (Å²) >= 11 is 0. The van der Waals surface area contributed by atoms with Crippen molar-refractivity contribution in [1.82, 2.24) is 0 Å². The van der Waals surface area contributed by atoms with Crippen LogP contribution in [-0.2, 0) is 4.79 Å². The quantitative estimate of drug-likeness (QED) is 0.418. The molecule has 0 bridgehead atoms. The van der Waals surface area contributed by atoms with Gasteiger partial charge >= 0.3 is 0 Å². The highest BCUT2D eigenvalue weighted by atomic mass is 16.5. The van der Waals surface area contributed by atoms with Crippen LogP contribution in [0.5, 0.6) is 5.75 Å². The van der Waals surface area contributed by atoms with Crippen LogP contribution in [0.1, 0.15) is 0 Å². The average Bonchev–Trinajstić information content (AvgIpc) is 3.01. The number of carbonyl (C=O) groups excluding carboxylic acids is 1. The van der Waals surface area contributed by atoms with E-state index >= 15 is 0 Å². The number of benzene rings is 3. The van der Waals surface area contributed by atoms with E-state index < -0.39 is 0 Å². The summed E-state index contributed by atoms with van der Waals surface area (Å²) in [5, 5.41) is 4.82. The van der Waals surface area contributed by atoms with Crippen LogP contribution in [0.4, 0.5) is 5.69 Å². The van der Waals surface area contributed by atoms with E-state index in [1.165, 1.54) is 12.3 Å². The Bertz CT molecular complexity index is 1060. The molecule has 25 heavy (non-hydrogen) atoms. The summed E-state index contributed by atoms with van der Waals surface area (Å²) in [5.41, 5.74) is 2.33. The molecule has 1 heterocycles. The fourth-order valence-electron chi connectivity index (χ4n) is 2.66. The van der Waals surface area contributed by atoms with Crippen molar-refractivity contribution < 1.29 is 13.9 Å². The standard InChI is InChI=1S/C21H15NO3/c23-21(12-13-24-16-6-2-1-3-7-16)22-15-10-11-20-18(14-15)17-8-4-5-9-19(17)25-20/h1-14H,(H,22,23). The van der Waals surface area contributed by atoms with Gasteiger partial charge in [-0.25, -0.2) is 0 Å². The Kier molecular flexibility index (Phi) is 3.92. The molecule has 4 nitrogen and oxygen atoms in total. The van der Waals surface area contributed by atoms with Crippen LogP contribution in [0, 0.1) is 0 Å². The zero-order valence-corrected chi connectivity index (χ0v) is 13.3. The van der Waals surface area contributed by atoms with Crippen molar-refractivity contribution in [2.75, 3.05) is 5.32 Å². The molecule has 3 aromatic carbocycles. The van der Waals surface area contributed by atoms with Crippen LogP contribution >= 0.6 is 0 Å². The van der Waals surface area contributed by atoms with Crippen molar-refractivity contribution in [2.24, 2.45) is 0 Å². The lowest BCUT2D eigenvalue weighted by molar-refractivity contribution is -0.112. The second-order valence-corrected chi connectivity index (χ2v) is 5.53. The number of ether oxygens (including phenoxy) is 1. The number of amides is 1. The van der Waals surface area contributed by atoms with Crippen molar-refractivity contribution in [2.45, 2.75) is 0 Å². The van der Waals surface area contributed by atoms with Gasteiger partial charge in [0.1, 0.15) is 16.9 Å². The highest BCUT2D eigenvalue weighted by Crippen LogP contribution is 2.30. The topological polar surface area (TPSA) is 51.5 Å². The first-order valence-corrected chi connectivity index (χ1v) is 7.90. The summed E-state index contributed by atoms with van der Waals surface area (Å²) < 4.78 is 11.2. The van der Waals surface area contributed by atoms with Crippen molar-refractivity contribution in [3.8, 4) is 5.75 Å². The fraction of sp³-hybridized carbons (Fsp3) is 0. The molecule has 0 aliphatic rings. The van der Waals surface area contributed by atoms with E-state index in [-0.39, 0.29) is 5.91 Å². The Hall–Kier alpha value is -3.53. The van der Waals surface area contributed by atoms with Gasteiger partial charge in [-0.15, -0.1) is 0 Å². The maximum Gasteiger partial charge on any atom is 0.251 e. The predicted molar refractivity (Wildman–Crippen MR) is 98.6 cm³/mol. The zero-order chi connectivity index (χ0) is 17.1. The second-order valence-electron chi connectivity index (χ2n) is 5.53. The van der Waals surface area contributed by atoms with Crippen LogP contribution in [-0.4, -0.2) is 5.91 Å². The number of hydrogen-bond donors (Lipinski definition) is 1. The molecule has 0 saturated carbocycles. The number of fused-ring (bicyclic) bond motifs is 3. The summed E-state index contributed by atoms with van der Waals surface area (Å²) in [7, 11) is 0. The first-order chi connectivity index (χ1) is 12.3. The van der Waals surface area contributed by atoms with E-state index in [1.54, 1.807) is 0 Å². The molecule has 4 heteroatoms. The third-order valence-corrected chi connectivity index (χ3v) is 3.81. The number of nitrogens with one attached hydrogen (secondary N) is 1. The van der Waals surface area contributed by atoms with E-state index in [1.807, 2.05) is 72.8 Å². The summed E-state index contributed by atoms with van der Waals surface area (Å²) in [6, 6.07) is 22.7. The highest BCUT2D eigenvalue weighted by molar-refractivity contribution is 6.07. The number of anilines is 1. The molecular formula is C21H15NO3. The average molecular weight is 329 g/mol. The normalized spacial score (nSPS) is 11.2. The van der Waals surface area contributed by atoms with E-state index in [0.717, 1.165) is 21.9 Å². The van der Waals surface area contributed by atoms with Crippen molar-refractivity contribution >= 4 is 33.5 Å². The lowest BCUT2D eigenvalue weighted by Gasteiger charge is -2.02. The summed E-state index contributed by atoms with van der Waals surface area (Å²) in [5.74, 6) is 0.418. The fourth-order valence-corrected chi connectivity index (χ4v) is 2.66. The summed E-state index contributed by atoms with van der Waals surface area (Å²) in [6.07, 6.45) is 2.72. The van der Waals surface area contributed by atoms with Gasteiger partial charge in [-0.05, 0) is 36.4 Å². The van der Waals surface area contributed by atoms with Crippen LogP contribution in [0.15, 0.2) is 89.6 Å². The van der Waals surface area contributed by atoms with Gasteiger partial charge in [0, 0.05) is 22.5 Å². The molecule has 4 rings (SSSR count). The molecule has 0 aliphatic carbocycles. The SMILES string of the molecule is O=C(C=COc1ccccc1)Nc1ccc2oc3ccccc3c2c1. The molecule has 0 fully saturated rings. The molecule has 1 aromatic heterocycles. The molecular weight excluding hydrogens is 314 g/mol. The number of para-hydroxylation sites is 2. The van der Waals surface area contributed by atoms with Gasteiger partial charge in [0.15, 0.2) is 0 Å².